The van der Waals surface area contributed by atoms with Crippen molar-refractivity contribution in [2.45, 2.75) is 38.0 Å². The molecule has 1 unspecified atom stereocenters. The van der Waals surface area contributed by atoms with Crippen LogP contribution in [0.4, 0.5) is 17.5 Å². The summed E-state index contributed by atoms with van der Waals surface area (Å²) in [7, 11) is 3.74. The minimum Gasteiger partial charge on any atom is -0.373 e. The van der Waals surface area contributed by atoms with Gasteiger partial charge >= 0.3 is 0 Å². The number of rotatable bonds is 8. The number of hydrogen-bond donors (Lipinski definition) is 3. The highest BCUT2D eigenvalue weighted by Crippen LogP contribution is 2.36. The number of amides is 1. The molecule has 3 aromatic rings. The number of nitrogens with one attached hydrogen (secondary N) is 1. The molecule has 192 valence electrons. The van der Waals surface area contributed by atoms with E-state index in [-0.39, 0.29) is 5.91 Å². The molecular weight excluding hydrogens is 458 g/mol. The van der Waals surface area contributed by atoms with Gasteiger partial charge < -0.3 is 25.6 Å². The standard InChI is InChI=1S/C25H35N9O2/c1-31(2)24(36)20-13-17-14-28-25(30-23(17)34(20)18-5-3-4-6-18)29-22-8-7-19(15-27-22)33-11-9-32(10-12-33)16-21(26)35/h7-8,13-15,18,24,36H,3-6,9-12,16H2,1-2H3,(H2,26,35)(H,27,28,29,30). The number of aromatic nitrogens is 4. The molecule has 1 aliphatic heterocycles. The summed E-state index contributed by atoms with van der Waals surface area (Å²) < 4.78 is 2.20. The van der Waals surface area contributed by atoms with Gasteiger partial charge in [0.2, 0.25) is 11.9 Å². The van der Waals surface area contributed by atoms with Crippen molar-refractivity contribution in [3.63, 3.8) is 0 Å². The van der Waals surface area contributed by atoms with Crippen LogP contribution in [-0.2, 0) is 4.79 Å². The summed E-state index contributed by atoms with van der Waals surface area (Å²) in [5.74, 6) is 0.852. The number of nitrogens with zero attached hydrogens (tertiary/aromatic N) is 7. The average Bonchev–Trinajstić information content (AvgIpc) is 3.52. The van der Waals surface area contributed by atoms with Crippen molar-refractivity contribution in [3.8, 4) is 0 Å². The highest BCUT2D eigenvalue weighted by molar-refractivity contribution is 5.78. The van der Waals surface area contributed by atoms with Gasteiger partial charge in [0.15, 0.2) is 0 Å². The van der Waals surface area contributed by atoms with Crippen molar-refractivity contribution in [1.82, 2.24) is 29.3 Å². The van der Waals surface area contributed by atoms with Crippen LogP contribution in [0.3, 0.4) is 0 Å². The third-order valence-electron chi connectivity index (χ3n) is 7.15. The Morgan fingerprint density at radius 3 is 2.56 bits per heavy atom. The Kier molecular flexibility index (Phi) is 7.04. The van der Waals surface area contributed by atoms with E-state index in [0.717, 1.165) is 61.4 Å². The Bertz CT molecular complexity index is 1200. The van der Waals surface area contributed by atoms with E-state index < -0.39 is 6.23 Å². The van der Waals surface area contributed by atoms with Gasteiger partial charge in [0, 0.05) is 43.8 Å². The maximum Gasteiger partial charge on any atom is 0.231 e. The van der Waals surface area contributed by atoms with E-state index >= 15 is 0 Å². The number of aliphatic hydroxyl groups is 1. The number of anilines is 3. The Hall–Kier alpha value is -3.28. The van der Waals surface area contributed by atoms with Crippen molar-refractivity contribution in [3.05, 3.63) is 36.3 Å². The van der Waals surface area contributed by atoms with E-state index in [1.165, 1.54) is 12.8 Å². The van der Waals surface area contributed by atoms with Crippen LogP contribution in [0, 0.1) is 0 Å². The highest BCUT2D eigenvalue weighted by Gasteiger charge is 2.26. The number of hydrogen-bond acceptors (Lipinski definition) is 9. The van der Waals surface area contributed by atoms with Gasteiger partial charge in [-0.3, -0.25) is 14.6 Å². The number of fused-ring (bicyclic) bond motifs is 1. The first kappa shape index (κ1) is 24.4. The molecule has 5 rings (SSSR count). The Balaban J connectivity index is 1.33. The number of nitrogens with two attached hydrogens (primary N) is 1. The average molecular weight is 494 g/mol. The number of carbonyl (C=O) groups is 1. The summed E-state index contributed by atoms with van der Waals surface area (Å²) >= 11 is 0. The molecule has 2 fully saturated rings. The van der Waals surface area contributed by atoms with Gasteiger partial charge in [0.25, 0.3) is 0 Å². The van der Waals surface area contributed by atoms with Gasteiger partial charge in [-0.1, -0.05) is 12.8 Å². The Morgan fingerprint density at radius 1 is 1.17 bits per heavy atom. The van der Waals surface area contributed by atoms with Crippen molar-refractivity contribution < 1.29 is 9.90 Å². The van der Waals surface area contributed by atoms with Gasteiger partial charge in [-0.15, -0.1) is 0 Å². The summed E-state index contributed by atoms with van der Waals surface area (Å²) in [6.07, 6.45) is 7.50. The first-order valence-corrected chi connectivity index (χ1v) is 12.6. The lowest BCUT2D eigenvalue weighted by Crippen LogP contribution is -2.48. The van der Waals surface area contributed by atoms with Crippen molar-refractivity contribution in [1.29, 1.82) is 0 Å². The zero-order valence-electron chi connectivity index (χ0n) is 21.0. The molecule has 1 aliphatic carbocycles. The molecule has 0 radical (unpaired) electrons. The van der Waals surface area contributed by atoms with Gasteiger partial charge in [0.05, 0.1) is 24.1 Å². The van der Waals surface area contributed by atoms with Gasteiger partial charge in [0.1, 0.15) is 17.7 Å². The van der Waals surface area contributed by atoms with E-state index in [1.807, 2.05) is 44.7 Å². The molecule has 0 aromatic carbocycles. The molecule has 3 aromatic heterocycles. The summed E-state index contributed by atoms with van der Waals surface area (Å²) in [4.78, 5) is 31.2. The fourth-order valence-electron chi connectivity index (χ4n) is 5.24. The van der Waals surface area contributed by atoms with Crippen molar-refractivity contribution in [2.75, 3.05) is 57.0 Å². The highest BCUT2D eigenvalue weighted by atomic mass is 16.3. The van der Waals surface area contributed by atoms with Crippen LogP contribution in [0.1, 0.15) is 43.6 Å². The minimum absolute atomic E-state index is 0.290. The van der Waals surface area contributed by atoms with Gasteiger partial charge in [-0.05, 0) is 45.1 Å². The molecule has 4 N–H and O–H groups in total. The van der Waals surface area contributed by atoms with Crippen LogP contribution in [0.5, 0.6) is 0 Å². The summed E-state index contributed by atoms with van der Waals surface area (Å²) in [6.45, 7) is 3.53. The number of aliphatic hydroxyl groups excluding tert-OH is 1. The summed E-state index contributed by atoms with van der Waals surface area (Å²) in [6, 6.07) is 6.29. The topological polar surface area (TPSA) is 129 Å². The second-order valence-corrected chi connectivity index (χ2v) is 9.94. The quantitative estimate of drug-likeness (QED) is 0.403. The van der Waals surface area contributed by atoms with Crippen LogP contribution in [0.15, 0.2) is 30.6 Å². The second kappa shape index (κ2) is 10.4. The molecular formula is C25H35N9O2. The first-order valence-electron chi connectivity index (χ1n) is 12.6. The van der Waals surface area contributed by atoms with E-state index in [9.17, 15) is 9.90 Å². The van der Waals surface area contributed by atoms with E-state index in [2.05, 4.69) is 29.7 Å². The fourth-order valence-corrected chi connectivity index (χ4v) is 5.24. The molecule has 36 heavy (non-hydrogen) atoms. The molecule has 11 heteroatoms. The van der Waals surface area contributed by atoms with Gasteiger partial charge in [-0.25, -0.2) is 9.97 Å². The maximum absolute atomic E-state index is 11.1. The number of carbonyl (C=O) groups excluding carboxylic acids is 1. The zero-order chi connectivity index (χ0) is 25.2. The monoisotopic (exact) mass is 493 g/mol. The normalized spacial score (nSPS) is 18.3. The lowest BCUT2D eigenvalue weighted by molar-refractivity contribution is -0.119. The van der Waals surface area contributed by atoms with Crippen molar-refractivity contribution >= 4 is 34.4 Å². The predicted molar refractivity (Wildman–Crippen MR) is 139 cm³/mol. The maximum atomic E-state index is 11.1. The lowest BCUT2D eigenvalue weighted by atomic mass is 10.2. The number of pyridine rings is 1. The fraction of sp³-hybridized carbons (Fsp3) is 0.520. The number of primary amides is 1. The molecule has 1 saturated carbocycles. The largest absolute Gasteiger partial charge is 0.373 e. The molecule has 1 amide bonds. The van der Waals surface area contributed by atoms with Crippen LogP contribution in [-0.4, -0.2) is 87.2 Å². The van der Waals surface area contributed by atoms with E-state index in [4.69, 9.17) is 10.7 Å². The molecule has 1 atom stereocenters. The molecule has 2 aliphatic rings. The van der Waals surface area contributed by atoms with E-state index in [0.29, 0.717) is 24.4 Å². The molecule has 11 nitrogen and oxygen atoms in total. The Labute approximate surface area is 210 Å². The summed E-state index contributed by atoms with van der Waals surface area (Å²) in [5.41, 5.74) is 8.03. The predicted octanol–water partition coefficient (Wildman–Crippen LogP) is 1.84. The van der Waals surface area contributed by atoms with Gasteiger partial charge in [-0.2, -0.15) is 4.98 Å². The number of piperazine rings is 1. The zero-order valence-corrected chi connectivity index (χ0v) is 21.0. The Morgan fingerprint density at radius 2 is 1.92 bits per heavy atom. The minimum atomic E-state index is -0.705. The third kappa shape index (κ3) is 5.13. The molecule has 4 heterocycles. The van der Waals surface area contributed by atoms with E-state index in [1.54, 1.807) is 4.90 Å². The molecule has 0 spiro atoms. The van der Waals surface area contributed by atoms with Crippen molar-refractivity contribution in [2.24, 2.45) is 5.73 Å². The molecule has 1 saturated heterocycles. The smallest absolute Gasteiger partial charge is 0.231 e. The van der Waals surface area contributed by atoms with Crippen LogP contribution >= 0.6 is 0 Å². The lowest BCUT2D eigenvalue weighted by Gasteiger charge is -2.35. The third-order valence-corrected chi connectivity index (χ3v) is 7.15. The van der Waals surface area contributed by atoms with Crippen LogP contribution in [0.2, 0.25) is 0 Å². The molecule has 0 bridgehead atoms. The van der Waals surface area contributed by atoms with Crippen LogP contribution < -0.4 is 16.0 Å². The SMILES string of the molecule is CN(C)C(O)c1cc2cnc(Nc3ccc(N4CCN(CC(N)=O)CC4)cn3)nc2n1C1CCCC1. The van der Waals surface area contributed by atoms with Crippen LogP contribution in [0.25, 0.3) is 11.0 Å². The second-order valence-electron chi connectivity index (χ2n) is 9.94. The first-order chi connectivity index (χ1) is 17.4. The summed E-state index contributed by atoms with van der Waals surface area (Å²) in [5, 5.41) is 15.0.